The van der Waals surface area contributed by atoms with Crippen LogP contribution in [0, 0.1) is 6.92 Å². The predicted molar refractivity (Wildman–Crippen MR) is 78.1 cm³/mol. The van der Waals surface area contributed by atoms with E-state index in [1.54, 1.807) is 22.7 Å². The molecule has 3 rings (SSSR count). The summed E-state index contributed by atoms with van der Waals surface area (Å²) in [4.78, 5) is 4.30. The first-order valence-corrected chi connectivity index (χ1v) is 6.98. The van der Waals surface area contributed by atoms with Gasteiger partial charge in [-0.2, -0.15) is 13.2 Å². The van der Waals surface area contributed by atoms with Crippen LogP contribution in [0.2, 0.25) is 0 Å². The van der Waals surface area contributed by atoms with E-state index in [2.05, 4.69) is 20.9 Å². The molecule has 0 spiro atoms. The molecule has 0 fully saturated rings. The minimum atomic E-state index is -4.40. The lowest BCUT2D eigenvalue weighted by molar-refractivity contribution is -0.137. The molecule has 0 aliphatic rings. The van der Waals surface area contributed by atoms with Gasteiger partial charge in [-0.05, 0) is 41.1 Å². The fourth-order valence-corrected chi connectivity index (χ4v) is 2.57. The molecule has 0 N–H and O–H groups in total. The highest BCUT2D eigenvalue weighted by Gasteiger charge is 2.33. The lowest BCUT2D eigenvalue weighted by Gasteiger charge is -2.10. The average Bonchev–Trinajstić information content (AvgIpc) is 2.87. The number of halogens is 4. The van der Waals surface area contributed by atoms with Gasteiger partial charge in [-0.25, -0.2) is 4.98 Å². The Morgan fingerprint density at radius 2 is 1.81 bits per heavy atom. The molecule has 0 saturated heterocycles. The summed E-state index contributed by atoms with van der Waals surface area (Å²) in [6.45, 7) is 1.87. The smallest absolute Gasteiger partial charge is 0.303 e. The minimum Gasteiger partial charge on any atom is -0.303 e. The minimum absolute atomic E-state index is 0.0872. The fraction of sp³-hybridized carbons (Fsp3) is 0.133. The summed E-state index contributed by atoms with van der Waals surface area (Å²) in [5, 5.41) is 0. The Balaban J connectivity index is 2.25. The maximum absolute atomic E-state index is 13.1. The van der Waals surface area contributed by atoms with Crippen molar-refractivity contribution in [3.8, 4) is 11.3 Å². The highest BCUT2D eigenvalue weighted by molar-refractivity contribution is 9.10. The quantitative estimate of drug-likeness (QED) is 0.594. The Morgan fingerprint density at radius 1 is 1.10 bits per heavy atom. The van der Waals surface area contributed by atoms with Crippen LogP contribution in [0.3, 0.4) is 0 Å². The van der Waals surface area contributed by atoms with Crippen LogP contribution >= 0.6 is 15.9 Å². The predicted octanol–water partition coefficient (Wildman–Crippen LogP) is 5.09. The highest BCUT2D eigenvalue weighted by atomic mass is 79.9. The number of rotatable bonds is 1. The lowest BCUT2D eigenvalue weighted by atomic mass is 10.0. The van der Waals surface area contributed by atoms with E-state index in [4.69, 9.17) is 0 Å². The van der Waals surface area contributed by atoms with Crippen molar-refractivity contribution in [3.63, 3.8) is 0 Å². The second-order valence-electron chi connectivity index (χ2n) is 4.66. The normalized spacial score (nSPS) is 12.0. The Labute approximate surface area is 127 Å². The molecule has 0 radical (unpaired) electrons. The number of imidazole rings is 1. The molecule has 1 aromatic carbocycles. The van der Waals surface area contributed by atoms with Crippen LogP contribution in [0.25, 0.3) is 16.9 Å². The molecular weight excluding hydrogens is 345 g/mol. The van der Waals surface area contributed by atoms with Crippen molar-refractivity contribution in [2.75, 3.05) is 0 Å². The van der Waals surface area contributed by atoms with E-state index in [1.807, 2.05) is 13.0 Å². The van der Waals surface area contributed by atoms with E-state index in [0.29, 0.717) is 11.3 Å². The number of aromatic nitrogens is 2. The van der Waals surface area contributed by atoms with Crippen LogP contribution in [0.15, 0.2) is 47.1 Å². The molecule has 0 saturated carbocycles. The Morgan fingerprint density at radius 3 is 2.52 bits per heavy atom. The third-order valence-electron chi connectivity index (χ3n) is 3.33. The summed E-state index contributed by atoms with van der Waals surface area (Å²) >= 11 is 3.40. The standard InChI is InChI=1S/C15H10BrF3N2/c1-9-12(16)6-7-14-20-13(8-21(9)14)10-4-2-3-5-11(10)15(17,18)19/h2-8H,1H3. The number of alkyl halides is 3. The molecule has 6 heteroatoms. The van der Waals surface area contributed by atoms with Crippen LogP contribution in [-0.4, -0.2) is 9.38 Å². The first-order chi connectivity index (χ1) is 9.88. The summed E-state index contributed by atoms with van der Waals surface area (Å²) in [5.41, 5.74) is 1.22. The van der Waals surface area contributed by atoms with Gasteiger partial charge >= 0.3 is 6.18 Å². The molecule has 0 unspecified atom stereocenters. The van der Waals surface area contributed by atoms with Gasteiger partial charge in [-0.1, -0.05) is 18.2 Å². The van der Waals surface area contributed by atoms with Crippen LogP contribution in [0.1, 0.15) is 11.3 Å². The number of benzene rings is 1. The van der Waals surface area contributed by atoms with Gasteiger partial charge in [-0.15, -0.1) is 0 Å². The van der Waals surface area contributed by atoms with Crippen molar-refractivity contribution in [2.45, 2.75) is 13.1 Å². The number of nitrogens with zero attached hydrogens (tertiary/aromatic N) is 2. The Hall–Kier alpha value is -1.82. The third kappa shape index (κ3) is 2.44. The first-order valence-electron chi connectivity index (χ1n) is 6.19. The lowest BCUT2D eigenvalue weighted by Crippen LogP contribution is -2.06. The molecule has 2 aromatic heterocycles. The Kier molecular flexibility index (Phi) is 3.28. The number of hydrogen-bond donors (Lipinski definition) is 0. The van der Waals surface area contributed by atoms with Crippen LogP contribution < -0.4 is 0 Å². The maximum Gasteiger partial charge on any atom is 0.417 e. The Bertz CT molecular complexity index is 821. The van der Waals surface area contributed by atoms with Crippen molar-refractivity contribution in [2.24, 2.45) is 0 Å². The van der Waals surface area contributed by atoms with E-state index < -0.39 is 11.7 Å². The van der Waals surface area contributed by atoms with Gasteiger partial charge in [-0.3, -0.25) is 0 Å². The van der Waals surface area contributed by atoms with Gasteiger partial charge in [0.05, 0.1) is 11.3 Å². The number of fused-ring (bicyclic) bond motifs is 1. The molecule has 0 amide bonds. The molecule has 0 aliphatic carbocycles. The summed E-state index contributed by atoms with van der Waals surface area (Å²) in [5.74, 6) is 0. The molecular formula is C15H10BrF3N2. The highest BCUT2D eigenvalue weighted by Crippen LogP contribution is 2.36. The zero-order valence-corrected chi connectivity index (χ0v) is 12.5. The van der Waals surface area contributed by atoms with Crippen molar-refractivity contribution >= 4 is 21.6 Å². The largest absolute Gasteiger partial charge is 0.417 e. The van der Waals surface area contributed by atoms with E-state index in [0.717, 1.165) is 16.2 Å². The topological polar surface area (TPSA) is 17.3 Å². The van der Waals surface area contributed by atoms with Crippen molar-refractivity contribution in [1.82, 2.24) is 9.38 Å². The second-order valence-corrected chi connectivity index (χ2v) is 5.52. The van der Waals surface area contributed by atoms with Gasteiger partial charge < -0.3 is 4.40 Å². The van der Waals surface area contributed by atoms with Crippen LogP contribution in [-0.2, 0) is 6.18 Å². The van der Waals surface area contributed by atoms with Crippen molar-refractivity contribution < 1.29 is 13.2 Å². The number of hydrogen-bond acceptors (Lipinski definition) is 1. The maximum atomic E-state index is 13.1. The van der Waals surface area contributed by atoms with Crippen LogP contribution in [0.5, 0.6) is 0 Å². The van der Waals surface area contributed by atoms with Gasteiger partial charge in [0.25, 0.3) is 0 Å². The van der Waals surface area contributed by atoms with E-state index in [9.17, 15) is 13.2 Å². The summed E-state index contributed by atoms with van der Waals surface area (Å²) < 4.78 is 41.9. The molecule has 0 aliphatic heterocycles. The molecule has 2 heterocycles. The number of aryl methyl sites for hydroxylation is 1. The first kappa shape index (κ1) is 14.1. The second kappa shape index (κ2) is 4.87. The van der Waals surface area contributed by atoms with Gasteiger partial charge in [0, 0.05) is 21.9 Å². The number of pyridine rings is 1. The van der Waals surface area contributed by atoms with Gasteiger partial charge in [0.1, 0.15) is 5.65 Å². The van der Waals surface area contributed by atoms with Crippen LogP contribution in [0.4, 0.5) is 13.2 Å². The fourth-order valence-electron chi connectivity index (χ4n) is 2.25. The summed E-state index contributed by atoms with van der Waals surface area (Å²) in [6, 6.07) is 9.06. The SMILES string of the molecule is Cc1c(Br)ccc2nc(-c3ccccc3C(F)(F)F)cn12. The average molecular weight is 355 g/mol. The molecule has 2 nitrogen and oxygen atoms in total. The molecule has 3 aromatic rings. The van der Waals surface area contributed by atoms with Gasteiger partial charge in [0.15, 0.2) is 0 Å². The molecule has 21 heavy (non-hydrogen) atoms. The van der Waals surface area contributed by atoms with E-state index >= 15 is 0 Å². The third-order valence-corrected chi connectivity index (χ3v) is 4.17. The summed E-state index contributed by atoms with van der Waals surface area (Å²) in [7, 11) is 0. The molecule has 0 bridgehead atoms. The molecule has 0 atom stereocenters. The summed E-state index contributed by atoms with van der Waals surface area (Å²) in [6.07, 6.45) is -2.78. The zero-order valence-electron chi connectivity index (χ0n) is 10.9. The van der Waals surface area contributed by atoms with E-state index in [1.165, 1.54) is 12.1 Å². The van der Waals surface area contributed by atoms with E-state index in [-0.39, 0.29) is 5.56 Å². The molecule has 108 valence electrons. The van der Waals surface area contributed by atoms with Crippen molar-refractivity contribution in [3.05, 3.63) is 58.3 Å². The zero-order chi connectivity index (χ0) is 15.2. The van der Waals surface area contributed by atoms with Crippen molar-refractivity contribution in [1.29, 1.82) is 0 Å². The monoisotopic (exact) mass is 354 g/mol. The van der Waals surface area contributed by atoms with Gasteiger partial charge in [0.2, 0.25) is 0 Å².